The van der Waals surface area contributed by atoms with Crippen LogP contribution >= 0.6 is 0 Å². The average Bonchev–Trinajstić information content (AvgIpc) is 2.76. The number of nitrogens with one attached hydrogen (secondary N) is 1. The van der Waals surface area contributed by atoms with E-state index in [1.165, 1.54) is 32.4 Å². The molecule has 0 aromatic heterocycles. The molecule has 1 aliphatic heterocycles. The van der Waals surface area contributed by atoms with Gasteiger partial charge >= 0.3 is 11.9 Å². The minimum Gasteiger partial charge on any atom is -0.465 e. The van der Waals surface area contributed by atoms with E-state index < -0.39 is 29.8 Å². The number of benzene rings is 2. The molecule has 31 heavy (non-hydrogen) atoms. The number of carbonyl (C=O) groups is 4. The molecule has 2 amide bonds. The van der Waals surface area contributed by atoms with Crippen LogP contribution in [-0.4, -0.2) is 55.5 Å². The molecule has 3 rings (SSSR count). The van der Waals surface area contributed by atoms with Gasteiger partial charge in [0.15, 0.2) is 0 Å². The van der Waals surface area contributed by atoms with Gasteiger partial charge in [-0.05, 0) is 35.7 Å². The van der Waals surface area contributed by atoms with Gasteiger partial charge in [0.05, 0.1) is 37.9 Å². The SMILES string of the molecule is COC(=O)c1cc(NC(=O)CN2Cc3ccccc3CC2C(N)=O)cc(C(=O)OC)c1. The van der Waals surface area contributed by atoms with Crippen molar-refractivity contribution in [2.24, 2.45) is 5.73 Å². The third kappa shape index (κ3) is 5.07. The number of carbonyl (C=O) groups excluding carboxylic acids is 4. The van der Waals surface area contributed by atoms with Crippen LogP contribution in [0.4, 0.5) is 5.69 Å². The number of esters is 2. The molecule has 9 heteroatoms. The van der Waals surface area contributed by atoms with Crippen LogP contribution in [0.15, 0.2) is 42.5 Å². The smallest absolute Gasteiger partial charge is 0.337 e. The molecule has 1 atom stereocenters. The molecule has 9 nitrogen and oxygen atoms in total. The zero-order chi connectivity index (χ0) is 22.5. The van der Waals surface area contributed by atoms with Crippen LogP contribution in [0.1, 0.15) is 31.8 Å². The lowest BCUT2D eigenvalue weighted by atomic mass is 9.93. The Labute approximate surface area is 179 Å². The Morgan fingerprint density at radius 2 is 1.58 bits per heavy atom. The molecule has 2 aromatic carbocycles. The van der Waals surface area contributed by atoms with Gasteiger partial charge in [0, 0.05) is 12.2 Å². The highest BCUT2D eigenvalue weighted by molar-refractivity contribution is 6.00. The van der Waals surface area contributed by atoms with E-state index in [0.29, 0.717) is 13.0 Å². The number of rotatable bonds is 6. The second-order valence-electron chi connectivity index (χ2n) is 7.13. The number of hydrogen-bond donors (Lipinski definition) is 2. The summed E-state index contributed by atoms with van der Waals surface area (Å²) in [5.74, 6) is -2.27. The van der Waals surface area contributed by atoms with Crippen molar-refractivity contribution in [3.8, 4) is 0 Å². The molecule has 0 radical (unpaired) electrons. The van der Waals surface area contributed by atoms with E-state index in [1.807, 2.05) is 24.3 Å². The highest BCUT2D eigenvalue weighted by Gasteiger charge is 2.31. The van der Waals surface area contributed by atoms with Gasteiger partial charge in [-0.2, -0.15) is 0 Å². The highest BCUT2D eigenvalue weighted by Crippen LogP contribution is 2.23. The van der Waals surface area contributed by atoms with E-state index in [2.05, 4.69) is 5.32 Å². The van der Waals surface area contributed by atoms with E-state index in [4.69, 9.17) is 15.2 Å². The lowest BCUT2D eigenvalue weighted by Crippen LogP contribution is -2.50. The fourth-order valence-corrected chi connectivity index (χ4v) is 3.58. The summed E-state index contributed by atoms with van der Waals surface area (Å²) >= 11 is 0. The summed E-state index contributed by atoms with van der Waals surface area (Å²) < 4.78 is 9.39. The Morgan fingerprint density at radius 1 is 1.00 bits per heavy atom. The molecule has 3 N–H and O–H groups in total. The third-order valence-electron chi connectivity index (χ3n) is 5.08. The number of fused-ring (bicyclic) bond motifs is 1. The summed E-state index contributed by atoms with van der Waals surface area (Å²) in [7, 11) is 2.42. The highest BCUT2D eigenvalue weighted by atomic mass is 16.5. The van der Waals surface area contributed by atoms with E-state index >= 15 is 0 Å². The maximum atomic E-state index is 12.7. The maximum absolute atomic E-state index is 12.7. The monoisotopic (exact) mass is 425 g/mol. The molecule has 1 heterocycles. The number of anilines is 1. The predicted molar refractivity (Wildman–Crippen MR) is 111 cm³/mol. The standard InChI is InChI=1S/C22H23N3O6/c1-30-21(28)15-7-16(22(29)31-2)9-17(8-15)24-19(26)12-25-11-14-6-4-3-5-13(14)10-18(25)20(23)27/h3-9,18H,10-12H2,1-2H3,(H2,23,27)(H,24,26). The van der Waals surface area contributed by atoms with Gasteiger partial charge in [0.1, 0.15) is 0 Å². The van der Waals surface area contributed by atoms with Crippen LogP contribution in [0.2, 0.25) is 0 Å². The number of ether oxygens (including phenoxy) is 2. The second kappa shape index (κ2) is 9.40. The Morgan fingerprint density at radius 3 is 2.13 bits per heavy atom. The van der Waals surface area contributed by atoms with Gasteiger partial charge in [-0.25, -0.2) is 9.59 Å². The first kappa shape index (κ1) is 22.0. The summed E-state index contributed by atoms with van der Waals surface area (Å²) in [6.45, 7) is 0.296. The first-order valence-corrected chi connectivity index (χ1v) is 9.54. The van der Waals surface area contributed by atoms with Crippen LogP contribution in [0.25, 0.3) is 0 Å². The topological polar surface area (TPSA) is 128 Å². The lowest BCUT2D eigenvalue weighted by Gasteiger charge is -2.34. The molecule has 0 spiro atoms. The van der Waals surface area contributed by atoms with Gasteiger partial charge in [0.25, 0.3) is 0 Å². The van der Waals surface area contributed by atoms with Crippen molar-refractivity contribution >= 4 is 29.4 Å². The van der Waals surface area contributed by atoms with Crippen LogP contribution in [0.3, 0.4) is 0 Å². The summed E-state index contributed by atoms with van der Waals surface area (Å²) in [6.07, 6.45) is 0.420. The summed E-state index contributed by atoms with van der Waals surface area (Å²) in [5, 5.41) is 2.66. The maximum Gasteiger partial charge on any atom is 0.337 e. The number of nitrogens with two attached hydrogens (primary N) is 1. The molecule has 1 unspecified atom stereocenters. The van der Waals surface area contributed by atoms with Crippen molar-refractivity contribution in [1.82, 2.24) is 4.90 Å². The van der Waals surface area contributed by atoms with Crippen molar-refractivity contribution in [3.63, 3.8) is 0 Å². The van der Waals surface area contributed by atoms with Crippen molar-refractivity contribution in [2.45, 2.75) is 19.0 Å². The Hall–Kier alpha value is -3.72. The zero-order valence-corrected chi connectivity index (χ0v) is 17.2. The van der Waals surface area contributed by atoms with E-state index in [1.54, 1.807) is 4.90 Å². The van der Waals surface area contributed by atoms with Crippen molar-refractivity contribution in [3.05, 3.63) is 64.7 Å². The third-order valence-corrected chi connectivity index (χ3v) is 5.08. The Balaban J connectivity index is 1.80. The van der Waals surface area contributed by atoms with E-state index in [0.717, 1.165) is 11.1 Å². The number of hydrogen-bond acceptors (Lipinski definition) is 7. The normalized spacial score (nSPS) is 15.5. The minimum absolute atomic E-state index is 0.0858. The second-order valence-corrected chi connectivity index (χ2v) is 7.13. The van der Waals surface area contributed by atoms with Gasteiger partial charge in [-0.3, -0.25) is 14.5 Å². The van der Waals surface area contributed by atoms with Gasteiger partial charge in [0.2, 0.25) is 11.8 Å². The quantitative estimate of drug-likeness (QED) is 0.664. The Kier molecular flexibility index (Phi) is 6.66. The first-order chi connectivity index (χ1) is 14.8. The summed E-state index contributed by atoms with van der Waals surface area (Å²) in [4.78, 5) is 50.2. The van der Waals surface area contributed by atoms with Crippen LogP contribution in [-0.2, 0) is 32.0 Å². The van der Waals surface area contributed by atoms with E-state index in [9.17, 15) is 19.2 Å². The molecule has 0 aliphatic carbocycles. The molecule has 0 fully saturated rings. The van der Waals surface area contributed by atoms with Crippen LogP contribution in [0.5, 0.6) is 0 Å². The molecule has 0 saturated heterocycles. The zero-order valence-electron chi connectivity index (χ0n) is 17.2. The molecular formula is C22H23N3O6. The molecule has 1 aliphatic rings. The molecule has 162 valence electrons. The predicted octanol–water partition coefficient (Wildman–Crippen LogP) is 1.11. The molecule has 0 saturated carbocycles. The van der Waals surface area contributed by atoms with Gasteiger partial charge < -0.3 is 20.5 Å². The Bertz CT molecular complexity index is 1000. The largest absolute Gasteiger partial charge is 0.465 e. The number of amides is 2. The van der Waals surface area contributed by atoms with E-state index in [-0.39, 0.29) is 23.4 Å². The van der Waals surface area contributed by atoms with Gasteiger partial charge in [-0.1, -0.05) is 24.3 Å². The fraction of sp³-hybridized carbons (Fsp3) is 0.273. The summed E-state index contributed by atoms with van der Waals surface area (Å²) in [5.41, 5.74) is 8.01. The number of methoxy groups -OCH3 is 2. The minimum atomic E-state index is -0.664. The number of nitrogens with zero attached hydrogens (tertiary/aromatic N) is 1. The van der Waals surface area contributed by atoms with Crippen molar-refractivity contribution < 1.29 is 28.7 Å². The first-order valence-electron chi connectivity index (χ1n) is 9.54. The molecular weight excluding hydrogens is 402 g/mol. The molecule has 0 bridgehead atoms. The average molecular weight is 425 g/mol. The lowest BCUT2D eigenvalue weighted by molar-refractivity contribution is -0.125. The fourth-order valence-electron chi connectivity index (χ4n) is 3.58. The van der Waals surface area contributed by atoms with Crippen molar-refractivity contribution in [1.29, 1.82) is 0 Å². The van der Waals surface area contributed by atoms with Crippen LogP contribution in [0, 0.1) is 0 Å². The van der Waals surface area contributed by atoms with Gasteiger partial charge in [-0.15, -0.1) is 0 Å². The van der Waals surface area contributed by atoms with Crippen molar-refractivity contribution in [2.75, 3.05) is 26.1 Å². The van der Waals surface area contributed by atoms with Crippen LogP contribution < -0.4 is 11.1 Å². The number of primary amides is 1. The molecule has 2 aromatic rings. The summed E-state index contributed by atoms with van der Waals surface area (Å²) in [6, 6.07) is 11.2.